The van der Waals surface area contributed by atoms with Crippen molar-refractivity contribution in [3.8, 4) is 0 Å². The van der Waals surface area contributed by atoms with E-state index in [1.165, 1.54) is 0 Å². The molecule has 1 aliphatic carbocycles. The minimum absolute atomic E-state index is 0.0450. The summed E-state index contributed by atoms with van der Waals surface area (Å²) in [5.74, 6) is 0.801. The van der Waals surface area contributed by atoms with E-state index in [4.69, 9.17) is 0 Å². The van der Waals surface area contributed by atoms with Gasteiger partial charge in [0.15, 0.2) is 0 Å². The summed E-state index contributed by atoms with van der Waals surface area (Å²) >= 11 is 0. The average Bonchev–Trinajstić information content (AvgIpc) is 3.30. The van der Waals surface area contributed by atoms with Gasteiger partial charge in [0, 0.05) is 38.0 Å². The topological polar surface area (TPSA) is 60.9 Å². The molecule has 1 saturated carbocycles. The average molecular weight is 280 g/mol. The highest BCUT2D eigenvalue weighted by atomic mass is 16.3. The van der Waals surface area contributed by atoms with Gasteiger partial charge in [0.25, 0.3) is 0 Å². The van der Waals surface area contributed by atoms with Crippen molar-refractivity contribution in [2.24, 2.45) is 11.8 Å². The Morgan fingerprint density at radius 1 is 0.800 bits per heavy atom. The van der Waals surface area contributed by atoms with Crippen LogP contribution in [-0.4, -0.2) is 59.0 Å². The van der Waals surface area contributed by atoms with E-state index in [-0.39, 0.29) is 23.8 Å². The number of nitrogens with zero attached hydrogens (tertiary/aromatic N) is 2. The lowest BCUT2D eigenvalue weighted by atomic mass is 9.94. The third-order valence-corrected chi connectivity index (χ3v) is 4.79. The summed E-state index contributed by atoms with van der Waals surface area (Å²) in [5, 5.41) is 9.66. The van der Waals surface area contributed by atoms with Gasteiger partial charge in [-0.05, 0) is 38.5 Å². The molecule has 0 aromatic rings. The number of likely N-dealkylation sites (tertiary alicyclic amines) is 2. The lowest BCUT2D eigenvalue weighted by Gasteiger charge is -2.36. The largest absolute Gasteiger partial charge is 0.391 e. The molecule has 1 unspecified atom stereocenters. The van der Waals surface area contributed by atoms with Gasteiger partial charge in [-0.3, -0.25) is 9.59 Å². The minimum atomic E-state index is -0.357. The van der Waals surface area contributed by atoms with E-state index in [0.717, 1.165) is 58.2 Å². The molecule has 5 heteroatoms. The molecule has 5 nitrogen and oxygen atoms in total. The summed E-state index contributed by atoms with van der Waals surface area (Å²) in [6.45, 7) is 2.71. The first-order valence-corrected chi connectivity index (χ1v) is 7.91. The molecule has 112 valence electrons. The van der Waals surface area contributed by atoms with Crippen LogP contribution in [0.15, 0.2) is 0 Å². The Morgan fingerprint density at radius 2 is 1.40 bits per heavy atom. The van der Waals surface area contributed by atoms with E-state index >= 15 is 0 Å². The van der Waals surface area contributed by atoms with Crippen molar-refractivity contribution in [2.75, 3.05) is 26.2 Å². The van der Waals surface area contributed by atoms with E-state index in [2.05, 4.69) is 0 Å². The van der Waals surface area contributed by atoms with E-state index in [1.807, 2.05) is 9.80 Å². The van der Waals surface area contributed by atoms with Crippen molar-refractivity contribution in [3.05, 3.63) is 0 Å². The van der Waals surface area contributed by atoms with Crippen LogP contribution in [0.3, 0.4) is 0 Å². The quantitative estimate of drug-likeness (QED) is 0.806. The highest BCUT2D eigenvalue weighted by Crippen LogP contribution is 2.32. The molecule has 1 N–H and O–H groups in total. The molecule has 0 bridgehead atoms. The van der Waals surface area contributed by atoms with Crippen LogP contribution in [0.5, 0.6) is 0 Å². The molecule has 3 rings (SSSR count). The molecular formula is C15H24N2O3. The number of rotatable bonds is 2. The molecule has 0 spiro atoms. The Bertz CT molecular complexity index is 387. The molecule has 1 atom stereocenters. The van der Waals surface area contributed by atoms with Crippen LogP contribution in [0, 0.1) is 11.8 Å². The molecule has 2 aliphatic heterocycles. The van der Waals surface area contributed by atoms with Gasteiger partial charge in [-0.15, -0.1) is 0 Å². The lowest BCUT2D eigenvalue weighted by Crippen LogP contribution is -2.48. The molecule has 2 heterocycles. The number of carbonyl (C=O) groups is 2. The van der Waals surface area contributed by atoms with Crippen LogP contribution >= 0.6 is 0 Å². The summed E-state index contributed by atoms with van der Waals surface area (Å²) in [7, 11) is 0. The zero-order chi connectivity index (χ0) is 14.1. The van der Waals surface area contributed by atoms with Crippen molar-refractivity contribution in [2.45, 2.75) is 44.6 Å². The number of aliphatic hydroxyl groups is 1. The predicted octanol–water partition coefficient (Wildman–Crippen LogP) is 0.618. The van der Waals surface area contributed by atoms with Crippen LogP contribution in [-0.2, 0) is 9.59 Å². The number of hydrogen-bond acceptors (Lipinski definition) is 3. The molecule has 2 saturated heterocycles. The zero-order valence-corrected chi connectivity index (χ0v) is 12.0. The van der Waals surface area contributed by atoms with Gasteiger partial charge in [-0.2, -0.15) is 0 Å². The SMILES string of the molecule is O=C(C1CC1)N1CCC(C(=O)N2CCCC(O)C2)CC1. The number of β-amino-alcohol motifs (C(OH)–C–C–N with tert-alkyl or cyclic N) is 1. The molecule has 20 heavy (non-hydrogen) atoms. The Morgan fingerprint density at radius 3 is 2.00 bits per heavy atom. The third-order valence-electron chi connectivity index (χ3n) is 4.79. The van der Waals surface area contributed by atoms with E-state index in [9.17, 15) is 14.7 Å². The van der Waals surface area contributed by atoms with Gasteiger partial charge in [0.1, 0.15) is 0 Å². The highest BCUT2D eigenvalue weighted by Gasteiger charge is 2.37. The first kappa shape index (κ1) is 13.9. The molecular weight excluding hydrogens is 256 g/mol. The van der Waals surface area contributed by atoms with Gasteiger partial charge in [-0.1, -0.05) is 0 Å². The second-order valence-electron chi connectivity index (χ2n) is 6.45. The van der Waals surface area contributed by atoms with Crippen molar-refractivity contribution in [1.29, 1.82) is 0 Å². The van der Waals surface area contributed by atoms with E-state index < -0.39 is 0 Å². The van der Waals surface area contributed by atoms with E-state index in [0.29, 0.717) is 12.5 Å². The summed E-state index contributed by atoms with van der Waals surface area (Å²) in [6.07, 6.45) is 4.99. The first-order valence-electron chi connectivity index (χ1n) is 7.91. The second-order valence-corrected chi connectivity index (χ2v) is 6.45. The van der Waals surface area contributed by atoms with Crippen LogP contribution in [0.1, 0.15) is 38.5 Å². The lowest BCUT2D eigenvalue weighted by molar-refractivity contribution is -0.143. The maximum atomic E-state index is 12.4. The standard InChI is InChI=1S/C15H24N2O3/c18-13-2-1-7-17(10-13)15(20)12-5-8-16(9-6-12)14(19)11-3-4-11/h11-13,18H,1-10H2. The third kappa shape index (κ3) is 2.97. The van der Waals surface area contributed by atoms with E-state index in [1.54, 1.807) is 0 Å². The fourth-order valence-corrected chi connectivity index (χ4v) is 3.35. The molecule has 0 aromatic heterocycles. The van der Waals surface area contributed by atoms with Gasteiger partial charge < -0.3 is 14.9 Å². The molecule has 0 aromatic carbocycles. The Kier molecular flexibility index (Phi) is 3.96. The van der Waals surface area contributed by atoms with Gasteiger partial charge >= 0.3 is 0 Å². The summed E-state index contributed by atoms with van der Waals surface area (Å²) in [5.41, 5.74) is 0. The van der Waals surface area contributed by atoms with Crippen molar-refractivity contribution < 1.29 is 14.7 Å². The molecule has 3 fully saturated rings. The number of aliphatic hydroxyl groups excluding tert-OH is 1. The maximum Gasteiger partial charge on any atom is 0.225 e. The van der Waals surface area contributed by atoms with Crippen LogP contribution in [0.25, 0.3) is 0 Å². The van der Waals surface area contributed by atoms with Gasteiger partial charge in [0.05, 0.1) is 6.10 Å². The Hall–Kier alpha value is -1.10. The van der Waals surface area contributed by atoms with Crippen LogP contribution < -0.4 is 0 Å². The number of amides is 2. The highest BCUT2D eigenvalue weighted by molar-refractivity contribution is 5.82. The van der Waals surface area contributed by atoms with Crippen molar-refractivity contribution in [3.63, 3.8) is 0 Å². The Balaban J connectivity index is 1.49. The maximum absolute atomic E-state index is 12.4. The Labute approximate surface area is 119 Å². The molecule has 3 aliphatic rings. The fraction of sp³-hybridized carbons (Fsp3) is 0.867. The molecule has 2 amide bonds. The first-order chi connectivity index (χ1) is 9.65. The summed E-state index contributed by atoms with van der Waals surface area (Å²) in [6, 6.07) is 0. The fourth-order valence-electron chi connectivity index (χ4n) is 3.35. The minimum Gasteiger partial charge on any atom is -0.391 e. The predicted molar refractivity (Wildman–Crippen MR) is 73.8 cm³/mol. The van der Waals surface area contributed by atoms with Gasteiger partial charge in [-0.25, -0.2) is 0 Å². The smallest absolute Gasteiger partial charge is 0.225 e. The van der Waals surface area contributed by atoms with Crippen LogP contribution in [0.2, 0.25) is 0 Å². The summed E-state index contributed by atoms with van der Waals surface area (Å²) in [4.78, 5) is 28.2. The number of carbonyl (C=O) groups excluding carboxylic acids is 2. The zero-order valence-electron chi connectivity index (χ0n) is 12.0. The number of hydrogen-bond donors (Lipinski definition) is 1. The van der Waals surface area contributed by atoms with Crippen molar-refractivity contribution >= 4 is 11.8 Å². The molecule has 0 radical (unpaired) electrons. The second kappa shape index (κ2) is 5.72. The summed E-state index contributed by atoms with van der Waals surface area (Å²) < 4.78 is 0. The van der Waals surface area contributed by atoms with Gasteiger partial charge in [0.2, 0.25) is 11.8 Å². The normalized spacial score (nSPS) is 28.6. The number of piperidine rings is 2. The monoisotopic (exact) mass is 280 g/mol. The van der Waals surface area contributed by atoms with Crippen LogP contribution in [0.4, 0.5) is 0 Å². The van der Waals surface area contributed by atoms with Crippen molar-refractivity contribution in [1.82, 2.24) is 9.80 Å².